The molecule has 1 aliphatic rings. The Bertz CT molecular complexity index is 781. The normalized spacial score (nSPS) is 23.3. The SMILES string of the molecule is CN=C1SCC(O)(c2ccc(Cl)c(S(=O)(=O)NC(C)=O)c2)N1C. The molecule has 0 radical (unpaired) electrons. The molecule has 1 atom stereocenters. The summed E-state index contributed by atoms with van der Waals surface area (Å²) in [5.41, 5.74) is -1.07. The molecule has 0 bridgehead atoms. The van der Waals surface area contributed by atoms with E-state index in [0.29, 0.717) is 10.7 Å². The molecule has 1 amide bonds. The molecule has 126 valence electrons. The highest BCUT2D eigenvalue weighted by Crippen LogP contribution is 2.39. The van der Waals surface area contributed by atoms with E-state index in [1.165, 1.54) is 23.9 Å². The number of halogens is 1. The van der Waals surface area contributed by atoms with Crippen molar-refractivity contribution in [1.82, 2.24) is 9.62 Å². The van der Waals surface area contributed by atoms with E-state index in [0.717, 1.165) is 6.92 Å². The van der Waals surface area contributed by atoms with Gasteiger partial charge in [0.2, 0.25) is 5.91 Å². The van der Waals surface area contributed by atoms with Crippen molar-refractivity contribution in [2.45, 2.75) is 17.5 Å². The maximum Gasteiger partial charge on any atom is 0.265 e. The van der Waals surface area contributed by atoms with E-state index in [1.54, 1.807) is 25.1 Å². The Balaban J connectivity index is 2.52. The number of rotatable bonds is 3. The molecule has 1 unspecified atom stereocenters. The minimum atomic E-state index is -4.10. The summed E-state index contributed by atoms with van der Waals surface area (Å²) in [7, 11) is -0.828. The molecule has 1 aliphatic heterocycles. The molecule has 0 saturated carbocycles. The van der Waals surface area contributed by atoms with Crippen LogP contribution in [0.5, 0.6) is 0 Å². The van der Waals surface area contributed by atoms with Crippen molar-refractivity contribution in [2.75, 3.05) is 19.8 Å². The van der Waals surface area contributed by atoms with Gasteiger partial charge in [-0.2, -0.15) is 0 Å². The Morgan fingerprint density at radius 1 is 1.52 bits per heavy atom. The molecular formula is C13H16ClN3O4S2. The number of nitrogens with zero attached hydrogens (tertiary/aromatic N) is 2. The fourth-order valence-corrected chi connectivity index (χ4v) is 4.89. The zero-order valence-corrected chi connectivity index (χ0v) is 15.1. The summed E-state index contributed by atoms with van der Waals surface area (Å²) >= 11 is 7.31. The van der Waals surface area contributed by atoms with Gasteiger partial charge in [0.05, 0.1) is 10.8 Å². The summed E-state index contributed by atoms with van der Waals surface area (Å²) < 4.78 is 26.3. The highest BCUT2D eigenvalue weighted by Gasteiger charge is 2.43. The van der Waals surface area contributed by atoms with Gasteiger partial charge < -0.3 is 10.0 Å². The fraction of sp³-hybridized carbons (Fsp3) is 0.385. The van der Waals surface area contributed by atoms with Gasteiger partial charge in [-0.1, -0.05) is 29.4 Å². The standard InChI is InChI=1S/C13H16ClN3O4S2/c1-8(18)16-23(20,21)11-6-9(4-5-10(11)14)13(19)7-22-12(15-2)17(13)3/h4-6,19H,7H2,1-3H3,(H,16,18). The summed E-state index contributed by atoms with van der Waals surface area (Å²) in [4.78, 5) is 16.4. The van der Waals surface area contributed by atoms with Crippen LogP contribution < -0.4 is 4.72 Å². The maximum atomic E-state index is 12.2. The molecule has 1 heterocycles. The second-order valence-electron chi connectivity index (χ2n) is 4.98. The Hall–Kier alpha value is -1.29. The van der Waals surface area contributed by atoms with Gasteiger partial charge in [-0.05, 0) is 12.1 Å². The Morgan fingerprint density at radius 2 is 2.17 bits per heavy atom. The average molecular weight is 378 g/mol. The Morgan fingerprint density at radius 3 is 2.70 bits per heavy atom. The van der Waals surface area contributed by atoms with Crippen molar-refractivity contribution in [3.05, 3.63) is 28.8 Å². The average Bonchev–Trinajstić information content (AvgIpc) is 2.74. The van der Waals surface area contributed by atoms with E-state index in [-0.39, 0.29) is 15.7 Å². The van der Waals surface area contributed by atoms with E-state index >= 15 is 0 Å². The Kier molecular flexibility index (Phi) is 4.95. The van der Waals surface area contributed by atoms with Crippen molar-refractivity contribution in [3.63, 3.8) is 0 Å². The van der Waals surface area contributed by atoms with Gasteiger partial charge >= 0.3 is 0 Å². The number of amides is 1. The summed E-state index contributed by atoms with van der Waals surface area (Å²) in [5, 5.41) is 11.5. The molecule has 10 heteroatoms. The lowest BCUT2D eigenvalue weighted by molar-refractivity contribution is -0.117. The van der Waals surface area contributed by atoms with Crippen LogP contribution in [0.1, 0.15) is 12.5 Å². The van der Waals surface area contributed by atoms with Crippen LogP contribution in [0.2, 0.25) is 5.02 Å². The molecule has 0 aromatic heterocycles. The predicted octanol–water partition coefficient (Wildman–Crippen LogP) is 0.974. The lowest BCUT2D eigenvalue weighted by atomic mass is 10.0. The van der Waals surface area contributed by atoms with Crippen LogP contribution in [-0.2, 0) is 20.5 Å². The molecule has 7 nitrogen and oxygen atoms in total. The lowest BCUT2D eigenvalue weighted by Crippen LogP contribution is -2.42. The van der Waals surface area contributed by atoms with Crippen LogP contribution in [0.3, 0.4) is 0 Å². The first-order chi connectivity index (χ1) is 10.6. The number of benzene rings is 1. The summed E-state index contributed by atoms with van der Waals surface area (Å²) in [6, 6.07) is 4.19. The van der Waals surface area contributed by atoms with Crippen LogP contribution in [0.25, 0.3) is 0 Å². The fourth-order valence-electron chi connectivity index (χ4n) is 2.21. The summed E-state index contributed by atoms with van der Waals surface area (Å²) in [5.74, 6) is -0.434. The third-order valence-electron chi connectivity index (χ3n) is 3.40. The molecule has 2 N–H and O–H groups in total. The van der Waals surface area contributed by atoms with Crippen LogP contribution in [0.15, 0.2) is 28.1 Å². The highest BCUT2D eigenvalue weighted by atomic mass is 35.5. The molecule has 2 rings (SSSR count). The first-order valence-electron chi connectivity index (χ1n) is 6.51. The van der Waals surface area contributed by atoms with Gasteiger partial charge in [0.25, 0.3) is 10.0 Å². The van der Waals surface area contributed by atoms with Crippen molar-refractivity contribution >= 4 is 44.5 Å². The van der Waals surface area contributed by atoms with Crippen molar-refractivity contribution < 1.29 is 18.3 Å². The zero-order chi connectivity index (χ0) is 17.4. The number of carbonyl (C=O) groups excluding carboxylic acids is 1. The quantitative estimate of drug-likeness (QED) is 0.814. The van der Waals surface area contributed by atoms with Crippen molar-refractivity contribution in [1.29, 1.82) is 0 Å². The van der Waals surface area contributed by atoms with Gasteiger partial charge in [0, 0.05) is 26.6 Å². The van der Waals surface area contributed by atoms with E-state index < -0.39 is 21.7 Å². The zero-order valence-electron chi connectivity index (χ0n) is 12.7. The number of hydrogen-bond donors (Lipinski definition) is 2. The molecule has 1 aromatic carbocycles. The largest absolute Gasteiger partial charge is 0.366 e. The number of aliphatic hydroxyl groups is 1. The number of sulfonamides is 1. The predicted molar refractivity (Wildman–Crippen MR) is 89.9 cm³/mol. The first-order valence-corrected chi connectivity index (χ1v) is 9.35. The van der Waals surface area contributed by atoms with E-state index in [2.05, 4.69) is 4.99 Å². The molecular weight excluding hydrogens is 362 g/mol. The van der Waals surface area contributed by atoms with Crippen LogP contribution in [0.4, 0.5) is 0 Å². The number of thioether (sulfide) groups is 1. The first kappa shape index (κ1) is 18.1. The van der Waals surface area contributed by atoms with Crippen molar-refractivity contribution in [3.8, 4) is 0 Å². The number of amidine groups is 1. The molecule has 0 spiro atoms. The minimum Gasteiger partial charge on any atom is -0.366 e. The van der Waals surface area contributed by atoms with E-state index in [1.807, 2.05) is 4.72 Å². The highest BCUT2D eigenvalue weighted by molar-refractivity contribution is 8.14. The van der Waals surface area contributed by atoms with E-state index in [9.17, 15) is 18.3 Å². The topological polar surface area (TPSA) is 99.1 Å². The van der Waals surface area contributed by atoms with Gasteiger partial charge in [0.15, 0.2) is 10.9 Å². The van der Waals surface area contributed by atoms with Crippen LogP contribution >= 0.6 is 23.4 Å². The minimum absolute atomic E-state index is 0.0382. The third kappa shape index (κ3) is 3.32. The molecule has 23 heavy (non-hydrogen) atoms. The van der Waals surface area contributed by atoms with Crippen LogP contribution in [-0.4, -0.2) is 49.3 Å². The molecule has 0 aliphatic carbocycles. The summed E-state index contributed by atoms with van der Waals surface area (Å²) in [6.45, 7) is 1.09. The van der Waals surface area contributed by atoms with Crippen molar-refractivity contribution in [2.24, 2.45) is 4.99 Å². The number of nitrogens with one attached hydrogen (secondary N) is 1. The lowest BCUT2D eigenvalue weighted by Gasteiger charge is -2.31. The molecule has 1 aromatic rings. The number of hydrogen-bond acceptors (Lipinski definition) is 6. The van der Waals surface area contributed by atoms with Crippen LogP contribution in [0, 0.1) is 0 Å². The number of aliphatic imine (C=N–C) groups is 1. The second kappa shape index (κ2) is 6.31. The number of carbonyl (C=O) groups is 1. The monoisotopic (exact) mass is 377 g/mol. The van der Waals surface area contributed by atoms with E-state index in [4.69, 9.17) is 11.6 Å². The van der Waals surface area contributed by atoms with Gasteiger partial charge in [-0.3, -0.25) is 9.79 Å². The van der Waals surface area contributed by atoms with Gasteiger partial charge in [-0.15, -0.1) is 0 Å². The maximum absolute atomic E-state index is 12.2. The third-order valence-corrected chi connectivity index (χ3v) is 6.57. The molecule has 1 fully saturated rings. The molecule has 1 saturated heterocycles. The smallest absolute Gasteiger partial charge is 0.265 e. The summed E-state index contributed by atoms with van der Waals surface area (Å²) in [6.07, 6.45) is 0. The van der Waals surface area contributed by atoms with Gasteiger partial charge in [0.1, 0.15) is 4.90 Å². The Labute approximate surface area is 143 Å². The van der Waals surface area contributed by atoms with Gasteiger partial charge in [-0.25, -0.2) is 13.1 Å². The second-order valence-corrected chi connectivity index (χ2v) is 7.98.